The number of rotatable bonds is 6. The van der Waals surface area contributed by atoms with Crippen molar-refractivity contribution in [2.45, 2.75) is 12.8 Å². The van der Waals surface area contributed by atoms with E-state index in [1.165, 1.54) is 11.1 Å². The third-order valence-corrected chi connectivity index (χ3v) is 3.11. The van der Waals surface area contributed by atoms with Gasteiger partial charge in [0.2, 0.25) is 0 Å². The van der Waals surface area contributed by atoms with E-state index in [2.05, 4.69) is 18.6 Å². The molecule has 0 amide bonds. The Labute approximate surface area is 115 Å². The normalized spacial score (nSPS) is 10.2. The molecular formula is C17H19O2. The highest BCUT2D eigenvalue weighted by atomic mass is 16.5. The molecule has 2 aromatic carbocycles. The summed E-state index contributed by atoms with van der Waals surface area (Å²) in [4.78, 5) is 0. The topological polar surface area (TPSA) is 18.5 Å². The van der Waals surface area contributed by atoms with E-state index in [1.807, 2.05) is 36.4 Å². The predicted molar refractivity (Wildman–Crippen MR) is 77.7 cm³/mol. The molecule has 0 fully saturated rings. The minimum atomic E-state index is 0.891. The molecule has 1 radical (unpaired) electrons. The molecule has 0 bridgehead atoms. The summed E-state index contributed by atoms with van der Waals surface area (Å²) in [6, 6.07) is 16.2. The van der Waals surface area contributed by atoms with Crippen molar-refractivity contribution < 1.29 is 9.47 Å². The Balaban J connectivity index is 1.96. The molecule has 0 saturated carbocycles. The lowest BCUT2D eigenvalue weighted by molar-refractivity contribution is 0.409. The van der Waals surface area contributed by atoms with Crippen LogP contribution in [-0.2, 0) is 12.8 Å². The first-order chi connectivity index (χ1) is 9.35. The zero-order valence-corrected chi connectivity index (χ0v) is 11.4. The average molecular weight is 255 g/mol. The Morgan fingerprint density at radius 3 is 1.58 bits per heavy atom. The summed E-state index contributed by atoms with van der Waals surface area (Å²) in [5.74, 6) is 1.89. The maximum Gasteiger partial charge on any atom is 0.122 e. The van der Waals surface area contributed by atoms with Crippen molar-refractivity contribution in [2.75, 3.05) is 14.2 Å². The SMILES string of the molecule is COc1ccccc1C[CH]Cc1ccccc1OC. The van der Waals surface area contributed by atoms with Crippen molar-refractivity contribution in [3.8, 4) is 11.5 Å². The van der Waals surface area contributed by atoms with Crippen LogP contribution in [0.3, 0.4) is 0 Å². The highest BCUT2D eigenvalue weighted by molar-refractivity contribution is 5.37. The van der Waals surface area contributed by atoms with E-state index < -0.39 is 0 Å². The second-order valence-electron chi connectivity index (χ2n) is 4.32. The molecule has 2 nitrogen and oxygen atoms in total. The summed E-state index contributed by atoms with van der Waals surface area (Å²) in [6.45, 7) is 0. The van der Waals surface area contributed by atoms with Gasteiger partial charge in [-0.15, -0.1) is 0 Å². The average Bonchev–Trinajstić information content (AvgIpc) is 2.48. The summed E-state index contributed by atoms with van der Waals surface area (Å²) in [7, 11) is 3.41. The van der Waals surface area contributed by atoms with Crippen molar-refractivity contribution in [2.24, 2.45) is 0 Å². The predicted octanol–water partition coefficient (Wildman–Crippen LogP) is 3.69. The summed E-state index contributed by atoms with van der Waals surface area (Å²) in [6.07, 6.45) is 4.03. The lowest BCUT2D eigenvalue weighted by Crippen LogP contribution is -1.96. The molecule has 0 aliphatic heterocycles. The van der Waals surface area contributed by atoms with Crippen LogP contribution in [-0.4, -0.2) is 14.2 Å². The third kappa shape index (κ3) is 3.50. The second kappa shape index (κ2) is 6.83. The van der Waals surface area contributed by atoms with Gasteiger partial charge in [0.15, 0.2) is 0 Å². The van der Waals surface area contributed by atoms with E-state index in [9.17, 15) is 0 Å². The van der Waals surface area contributed by atoms with E-state index in [0.29, 0.717) is 0 Å². The minimum absolute atomic E-state index is 0.891. The number of ether oxygens (including phenoxy) is 2. The van der Waals surface area contributed by atoms with Gasteiger partial charge >= 0.3 is 0 Å². The largest absolute Gasteiger partial charge is 0.496 e. The van der Waals surface area contributed by atoms with Crippen LogP contribution < -0.4 is 9.47 Å². The smallest absolute Gasteiger partial charge is 0.122 e. The summed E-state index contributed by atoms with van der Waals surface area (Å²) >= 11 is 0. The summed E-state index contributed by atoms with van der Waals surface area (Å²) < 4.78 is 10.7. The number of benzene rings is 2. The van der Waals surface area contributed by atoms with Crippen LogP contribution in [0.25, 0.3) is 0 Å². The van der Waals surface area contributed by atoms with E-state index in [0.717, 1.165) is 24.3 Å². The zero-order chi connectivity index (χ0) is 13.5. The van der Waals surface area contributed by atoms with Gasteiger partial charge in [0.25, 0.3) is 0 Å². The first-order valence-corrected chi connectivity index (χ1v) is 6.40. The van der Waals surface area contributed by atoms with Crippen LogP contribution in [0.5, 0.6) is 11.5 Å². The Morgan fingerprint density at radius 2 is 1.16 bits per heavy atom. The van der Waals surface area contributed by atoms with Crippen molar-refractivity contribution in [1.29, 1.82) is 0 Å². The van der Waals surface area contributed by atoms with Gasteiger partial charge < -0.3 is 9.47 Å². The van der Waals surface area contributed by atoms with E-state index in [-0.39, 0.29) is 0 Å². The molecule has 0 heterocycles. The van der Waals surface area contributed by atoms with Crippen molar-refractivity contribution in [3.05, 3.63) is 66.1 Å². The molecule has 0 spiro atoms. The van der Waals surface area contributed by atoms with Crippen molar-refractivity contribution in [3.63, 3.8) is 0 Å². The fourth-order valence-electron chi connectivity index (χ4n) is 2.13. The van der Waals surface area contributed by atoms with Gasteiger partial charge in [-0.3, -0.25) is 0 Å². The quantitative estimate of drug-likeness (QED) is 0.783. The van der Waals surface area contributed by atoms with E-state index in [1.54, 1.807) is 14.2 Å². The molecule has 99 valence electrons. The molecule has 2 aromatic rings. The molecule has 0 aliphatic carbocycles. The van der Waals surface area contributed by atoms with Crippen LogP contribution in [0.15, 0.2) is 48.5 Å². The van der Waals surface area contributed by atoms with Gasteiger partial charge in [-0.1, -0.05) is 36.4 Å². The molecule has 2 heteroatoms. The zero-order valence-electron chi connectivity index (χ0n) is 11.4. The van der Waals surface area contributed by atoms with Gasteiger partial charge in [0, 0.05) is 0 Å². The number of hydrogen-bond acceptors (Lipinski definition) is 2. The Kier molecular flexibility index (Phi) is 4.85. The summed E-state index contributed by atoms with van der Waals surface area (Å²) in [5.41, 5.74) is 2.42. The highest BCUT2D eigenvalue weighted by Crippen LogP contribution is 2.22. The Hall–Kier alpha value is -1.96. The van der Waals surface area contributed by atoms with Gasteiger partial charge in [0.1, 0.15) is 11.5 Å². The molecular weight excluding hydrogens is 236 g/mol. The lowest BCUT2D eigenvalue weighted by Gasteiger charge is -2.09. The molecule has 2 rings (SSSR count). The lowest BCUT2D eigenvalue weighted by atomic mass is 10.0. The summed E-state index contributed by atoms with van der Waals surface area (Å²) in [5, 5.41) is 0. The van der Waals surface area contributed by atoms with Crippen molar-refractivity contribution in [1.82, 2.24) is 0 Å². The van der Waals surface area contributed by atoms with Crippen LogP contribution in [0.1, 0.15) is 11.1 Å². The molecule has 0 atom stereocenters. The third-order valence-electron chi connectivity index (χ3n) is 3.11. The fraction of sp³-hybridized carbons (Fsp3) is 0.235. The van der Waals surface area contributed by atoms with Crippen LogP contribution in [0, 0.1) is 6.42 Å². The molecule has 0 unspecified atom stereocenters. The number of para-hydroxylation sites is 2. The van der Waals surface area contributed by atoms with Gasteiger partial charge in [-0.05, 0) is 42.5 Å². The first kappa shape index (κ1) is 13.5. The Bertz CT molecular complexity index is 473. The van der Waals surface area contributed by atoms with Crippen LogP contribution >= 0.6 is 0 Å². The maximum atomic E-state index is 5.35. The number of hydrogen-bond donors (Lipinski definition) is 0. The monoisotopic (exact) mass is 255 g/mol. The Morgan fingerprint density at radius 1 is 0.737 bits per heavy atom. The fourth-order valence-corrected chi connectivity index (χ4v) is 2.13. The van der Waals surface area contributed by atoms with Crippen LogP contribution in [0.2, 0.25) is 0 Å². The number of methoxy groups -OCH3 is 2. The standard InChI is InChI=1S/C17H19O2/c1-18-16-12-5-3-8-14(16)10-7-11-15-9-4-6-13-17(15)19-2/h3-9,12-13H,10-11H2,1-2H3. The van der Waals surface area contributed by atoms with Crippen molar-refractivity contribution >= 4 is 0 Å². The first-order valence-electron chi connectivity index (χ1n) is 6.40. The molecule has 0 aromatic heterocycles. The molecule has 0 N–H and O–H groups in total. The second-order valence-corrected chi connectivity index (χ2v) is 4.32. The molecule has 19 heavy (non-hydrogen) atoms. The molecule has 0 saturated heterocycles. The molecule has 0 aliphatic rings. The minimum Gasteiger partial charge on any atom is -0.496 e. The van der Waals surface area contributed by atoms with E-state index >= 15 is 0 Å². The van der Waals surface area contributed by atoms with Crippen LogP contribution in [0.4, 0.5) is 0 Å². The van der Waals surface area contributed by atoms with Gasteiger partial charge in [0.05, 0.1) is 14.2 Å². The van der Waals surface area contributed by atoms with Gasteiger partial charge in [-0.25, -0.2) is 0 Å². The van der Waals surface area contributed by atoms with Gasteiger partial charge in [-0.2, -0.15) is 0 Å². The maximum absolute atomic E-state index is 5.35. The highest BCUT2D eigenvalue weighted by Gasteiger charge is 2.04. The van der Waals surface area contributed by atoms with E-state index in [4.69, 9.17) is 9.47 Å².